The van der Waals surface area contributed by atoms with Gasteiger partial charge in [-0.05, 0) is 6.42 Å². The fourth-order valence-electron chi connectivity index (χ4n) is 2.79. The van der Waals surface area contributed by atoms with Crippen LogP contribution in [0.2, 0.25) is 12.1 Å². The Morgan fingerprint density at radius 1 is 0.767 bits per heavy atom. The number of rotatable bonds is 6. The first-order valence-corrected chi connectivity index (χ1v) is 20.2. The Morgan fingerprint density at radius 3 is 1.67 bits per heavy atom. The minimum atomic E-state index is -4.98. The number of hydrogen-bond acceptors (Lipinski definition) is 14. The fraction of sp³-hybridized carbons (Fsp3) is 0.875. The zero-order valence-electron chi connectivity index (χ0n) is 21.8. The fourth-order valence-corrected chi connectivity index (χ4v) is 28.8. The Kier molecular flexibility index (Phi) is 5.00. The van der Waals surface area contributed by atoms with Crippen LogP contribution >= 0.6 is 0 Å². The normalized spacial score (nSPS) is 64.7. The van der Waals surface area contributed by atoms with Gasteiger partial charge in [-0.1, -0.05) is 13.3 Å². The number of carbonyl (C=O) groups excluding carboxylic acids is 1. The summed E-state index contributed by atoms with van der Waals surface area (Å²) in [5.41, 5.74) is 0. The second kappa shape index (κ2) is 9.17. The first kappa shape index (κ1) is 16.4. The molecule has 0 radical (unpaired) electrons. The van der Waals surface area contributed by atoms with E-state index < -0.39 is 80.3 Å². The average molecular weight is 579 g/mol. The second-order valence-corrected chi connectivity index (χ2v) is 22.8. The molecule has 4 atom stereocenters. The molecule has 0 N–H and O–H groups in total. The van der Waals surface area contributed by atoms with Gasteiger partial charge < -0.3 is 54.1 Å². The zero-order chi connectivity index (χ0) is 26.3. The van der Waals surface area contributed by atoms with E-state index in [0.29, 0.717) is 6.42 Å². The molecular formula is C8H22O14Si8. The lowest BCUT2D eigenvalue weighted by molar-refractivity contribution is -0.141. The summed E-state index contributed by atoms with van der Waals surface area (Å²) in [6, 6.07) is -0.309. The lowest BCUT2D eigenvalue weighted by atomic mass is 10.5. The van der Waals surface area contributed by atoms with Gasteiger partial charge in [0, 0.05) is 19.0 Å². The lowest BCUT2D eigenvalue weighted by Crippen LogP contribution is -2.74. The number of esters is 1. The van der Waals surface area contributed by atoms with Crippen molar-refractivity contribution in [3.05, 3.63) is 0 Å². The van der Waals surface area contributed by atoms with Crippen molar-refractivity contribution >= 4 is 80.3 Å². The topological polar surface area (TPSA) is 137 Å². The highest BCUT2D eigenvalue weighted by Crippen LogP contribution is 2.36. The lowest BCUT2D eigenvalue weighted by Gasteiger charge is -2.50. The summed E-state index contributed by atoms with van der Waals surface area (Å²) in [7, 11) is -38.4. The van der Waals surface area contributed by atoms with Gasteiger partial charge in [0.25, 0.3) is 0 Å². The van der Waals surface area contributed by atoms with Gasteiger partial charge >= 0.3 is 80.3 Å². The molecule has 6 aliphatic heterocycles. The van der Waals surface area contributed by atoms with E-state index in [1.54, 1.807) is 6.92 Å². The molecule has 170 valence electrons. The van der Waals surface area contributed by atoms with Gasteiger partial charge in [-0.3, -0.25) is 4.79 Å². The minimum absolute atomic E-state index is 0.0297. The second-order valence-electron chi connectivity index (χ2n) is 6.28. The van der Waals surface area contributed by atoms with Gasteiger partial charge in [0.2, 0.25) is 0 Å². The molecule has 6 rings (SSSR count). The van der Waals surface area contributed by atoms with Crippen molar-refractivity contribution in [3.63, 3.8) is 0 Å². The van der Waals surface area contributed by atoms with Crippen LogP contribution in [0.25, 0.3) is 0 Å². The van der Waals surface area contributed by atoms with Crippen LogP contribution < -0.4 is 0 Å². The molecule has 0 aromatic carbocycles. The SMILES string of the molecule is [3H][Si]12O[Si]3([3H])O[Si]4([3H])O[Si]([3H])(O1)O[Si]1(CCCOC(C)=O)O[Si]([3H])(O2)O[Si](CCC)(O3)O[Si]([3H])(O4)O1. The van der Waals surface area contributed by atoms with Crippen molar-refractivity contribution in [2.24, 2.45) is 0 Å². The van der Waals surface area contributed by atoms with E-state index in [-0.39, 0.29) is 25.1 Å². The highest BCUT2D eigenvalue weighted by atomic mass is 28.6. The Hall–Kier alpha value is 0.725. The van der Waals surface area contributed by atoms with Gasteiger partial charge in [0.05, 0.1) is 6.61 Å². The van der Waals surface area contributed by atoms with Crippen LogP contribution in [0, 0.1) is 0 Å². The molecule has 6 heterocycles. The van der Waals surface area contributed by atoms with Crippen molar-refractivity contribution in [1.29, 1.82) is 7.41 Å². The number of hydrogen-bond donors (Lipinski definition) is 0. The van der Waals surface area contributed by atoms with E-state index in [9.17, 15) is 4.79 Å². The Balaban J connectivity index is 1.67. The molecule has 8 bridgehead atoms. The van der Waals surface area contributed by atoms with Gasteiger partial charge in [0.1, 0.15) is 7.41 Å². The van der Waals surface area contributed by atoms with Crippen LogP contribution in [0.1, 0.15) is 26.7 Å². The van der Waals surface area contributed by atoms with Gasteiger partial charge in [0.15, 0.2) is 0 Å². The molecule has 6 aliphatic rings. The summed E-state index contributed by atoms with van der Waals surface area (Å²) >= 11 is 0. The maximum absolute atomic E-state index is 11.2. The van der Waals surface area contributed by atoms with E-state index in [4.69, 9.17) is 61.5 Å². The van der Waals surface area contributed by atoms with Crippen molar-refractivity contribution in [2.45, 2.75) is 38.8 Å². The van der Waals surface area contributed by atoms with Crippen molar-refractivity contribution in [2.75, 3.05) is 6.61 Å². The molecule has 0 aromatic heterocycles. The Morgan fingerprint density at radius 2 is 1.20 bits per heavy atom. The third-order valence-electron chi connectivity index (χ3n) is 3.92. The predicted octanol–water partition coefficient (Wildman–Crippen LogP) is -3.20. The van der Waals surface area contributed by atoms with Crippen molar-refractivity contribution in [3.8, 4) is 0 Å². The van der Waals surface area contributed by atoms with Crippen LogP contribution in [-0.4, -0.2) is 94.4 Å². The molecule has 4 unspecified atom stereocenters. The largest absolute Gasteiger partial charge is 0.478 e. The first-order valence-electron chi connectivity index (χ1n) is 12.0. The van der Waals surface area contributed by atoms with Crippen LogP contribution in [-0.2, 0) is 58.9 Å². The summed E-state index contributed by atoms with van der Waals surface area (Å²) in [5, 5.41) is 0. The highest BCUT2D eigenvalue weighted by Gasteiger charge is 2.64. The minimum Gasteiger partial charge on any atom is -0.466 e. The standard InChI is InChI=1S/C8H22O14Si8/c1-3-6-29-17-25-11-23-13-26-14-24(12-25)16-28(20-29)22-30(18-26,21-27(15-23)19-29)7-4-5-10-8(2)9/h23-28H,3-7H2,1-2H3/i23T,24T,25T,26T,27T,28T. The van der Waals surface area contributed by atoms with E-state index in [2.05, 4.69) is 0 Å². The molecular weight excluding hydrogens is 545 g/mol. The monoisotopic (exact) mass is 578 g/mol. The molecule has 6 fully saturated rings. The highest BCUT2D eigenvalue weighted by molar-refractivity contribution is 6.89. The van der Waals surface area contributed by atoms with E-state index in [0.717, 1.165) is 0 Å². The Bertz CT molecular complexity index is 904. The van der Waals surface area contributed by atoms with E-state index in [1.807, 2.05) is 0 Å². The van der Waals surface area contributed by atoms with Crippen molar-refractivity contribution in [1.82, 2.24) is 0 Å². The van der Waals surface area contributed by atoms with E-state index in [1.165, 1.54) is 6.92 Å². The maximum Gasteiger partial charge on any atom is 0.478 e. The molecule has 0 aliphatic carbocycles. The number of ether oxygens (including phenoxy) is 1. The summed E-state index contributed by atoms with van der Waals surface area (Å²) in [4.78, 5) is 11.2. The predicted molar refractivity (Wildman–Crippen MR) is 109 cm³/mol. The summed E-state index contributed by atoms with van der Waals surface area (Å²) in [5.74, 6) is -0.555. The van der Waals surface area contributed by atoms with Crippen LogP contribution in [0.5, 0.6) is 0 Å². The van der Waals surface area contributed by atoms with Gasteiger partial charge in [-0.25, -0.2) is 0 Å². The molecule has 22 heteroatoms. The summed E-state index contributed by atoms with van der Waals surface area (Å²) < 4.78 is 126. The molecule has 30 heavy (non-hydrogen) atoms. The molecule has 0 spiro atoms. The zero-order valence-corrected chi connectivity index (χ0v) is 23.8. The molecule has 0 amide bonds. The third-order valence-corrected chi connectivity index (χ3v) is 25.5. The molecule has 14 nitrogen and oxygen atoms in total. The van der Waals surface area contributed by atoms with Crippen molar-refractivity contribution < 1.29 is 58.9 Å². The number of carbonyl (C=O) groups is 1. The quantitative estimate of drug-likeness (QED) is 0.178. The average Bonchev–Trinajstić information content (AvgIpc) is 2.57. The van der Waals surface area contributed by atoms with Crippen LogP contribution in [0.15, 0.2) is 0 Å². The Labute approximate surface area is 192 Å². The van der Waals surface area contributed by atoms with Gasteiger partial charge in [-0.15, -0.1) is 0 Å². The molecule has 6 saturated heterocycles. The van der Waals surface area contributed by atoms with Crippen LogP contribution in [0.4, 0.5) is 0 Å². The summed E-state index contributed by atoms with van der Waals surface area (Å²) in [6.07, 6.45) is 0.359. The third kappa shape index (κ3) is 4.96. The van der Waals surface area contributed by atoms with E-state index >= 15 is 0 Å². The summed E-state index contributed by atoms with van der Waals surface area (Å²) in [6.45, 7) is 2.81. The molecule has 0 aromatic rings. The van der Waals surface area contributed by atoms with Crippen LogP contribution in [0.3, 0.4) is 0 Å². The van der Waals surface area contributed by atoms with Gasteiger partial charge in [-0.2, -0.15) is 0 Å². The molecule has 0 saturated carbocycles. The smallest absolute Gasteiger partial charge is 0.466 e. The maximum atomic E-state index is 11.2. The first-order chi connectivity index (χ1) is 16.5.